The molecule has 1 aromatic carbocycles. The van der Waals surface area contributed by atoms with E-state index in [0.29, 0.717) is 11.8 Å². The van der Waals surface area contributed by atoms with Crippen LogP contribution in [0, 0.1) is 17.2 Å². The maximum absolute atomic E-state index is 9.21. The Morgan fingerprint density at radius 1 is 1.40 bits per heavy atom. The number of thioether (sulfide) groups is 1. The van der Waals surface area contributed by atoms with Crippen LogP contribution in [0.25, 0.3) is 0 Å². The molecule has 2 N–H and O–H groups in total. The fourth-order valence-electron chi connectivity index (χ4n) is 2.92. The maximum Gasteiger partial charge on any atom is 0.107 e. The zero-order valence-corrected chi connectivity index (χ0v) is 13.2. The van der Waals surface area contributed by atoms with E-state index in [2.05, 4.69) is 44.2 Å². The number of hydrogen-bond acceptors (Lipinski definition) is 3. The number of hydrogen-bond donors (Lipinski definition) is 1. The lowest BCUT2D eigenvalue weighted by atomic mass is 9.88. The number of nitrogens with zero attached hydrogens (tertiary/aromatic N) is 1. The van der Waals surface area contributed by atoms with Gasteiger partial charge in [0.15, 0.2) is 0 Å². The number of rotatable bonds is 5. The van der Waals surface area contributed by atoms with Crippen LogP contribution in [0.5, 0.6) is 0 Å². The van der Waals surface area contributed by atoms with Gasteiger partial charge in [0.2, 0.25) is 0 Å². The van der Waals surface area contributed by atoms with E-state index in [1.54, 1.807) is 0 Å². The SMILES string of the molecule is CC(C)c1ccc(SCCC2CCCC2(N)C#N)cc1. The normalized spacial score (nSPS) is 25.9. The standard InChI is InChI=1S/C17H24N2S/c1-13(2)14-5-7-16(8-6-14)20-11-9-15-4-3-10-17(15,19)12-18/h5-8,13,15H,3-4,9-11,19H2,1-2H3. The van der Waals surface area contributed by atoms with Crippen molar-refractivity contribution in [1.29, 1.82) is 5.26 Å². The minimum Gasteiger partial charge on any atom is -0.313 e. The second kappa shape index (κ2) is 6.65. The summed E-state index contributed by atoms with van der Waals surface area (Å²) in [6, 6.07) is 11.2. The van der Waals surface area contributed by atoms with Gasteiger partial charge in [-0.2, -0.15) is 5.26 Å². The lowest BCUT2D eigenvalue weighted by molar-refractivity contribution is 0.389. The predicted molar refractivity (Wildman–Crippen MR) is 85.7 cm³/mol. The van der Waals surface area contributed by atoms with Gasteiger partial charge in [-0.15, -0.1) is 11.8 Å². The van der Waals surface area contributed by atoms with Gasteiger partial charge in [-0.25, -0.2) is 0 Å². The van der Waals surface area contributed by atoms with Crippen LogP contribution < -0.4 is 5.73 Å². The smallest absolute Gasteiger partial charge is 0.107 e. The first kappa shape index (κ1) is 15.4. The van der Waals surface area contributed by atoms with Crippen LogP contribution in [-0.4, -0.2) is 11.3 Å². The van der Waals surface area contributed by atoms with E-state index in [1.165, 1.54) is 10.5 Å². The van der Waals surface area contributed by atoms with Crippen molar-refractivity contribution in [3.63, 3.8) is 0 Å². The molecule has 2 nitrogen and oxygen atoms in total. The molecule has 108 valence electrons. The van der Waals surface area contributed by atoms with Crippen LogP contribution in [0.1, 0.15) is 51.0 Å². The quantitative estimate of drug-likeness (QED) is 0.821. The predicted octanol–water partition coefficient (Wildman–Crippen LogP) is 4.31. The summed E-state index contributed by atoms with van der Waals surface area (Å²) in [6.45, 7) is 4.43. The Bertz CT molecular complexity index is 475. The highest BCUT2D eigenvalue weighted by molar-refractivity contribution is 7.99. The summed E-state index contributed by atoms with van der Waals surface area (Å²) < 4.78 is 0. The summed E-state index contributed by atoms with van der Waals surface area (Å²) in [5, 5.41) is 9.21. The van der Waals surface area contributed by atoms with Gasteiger partial charge in [-0.3, -0.25) is 0 Å². The van der Waals surface area contributed by atoms with Crippen LogP contribution in [0.15, 0.2) is 29.2 Å². The van der Waals surface area contributed by atoms with Crippen LogP contribution in [0.4, 0.5) is 0 Å². The molecular weight excluding hydrogens is 264 g/mol. The van der Waals surface area contributed by atoms with E-state index < -0.39 is 5.54 Å². The van der Waals surface area contributed by atoms with Crippen molar-refractivity contribution in [1.82, 2.24) is 0 Å². The second-order valence-corrected chi connectivity index (χ2v) is 7.27. The minimum atomic E-state index is -0.567. The third-order valence-electron chi connectivity index (χ3n) is 4.36. The molecule has 2 unspecified atom stereocenters. The highest BCUT2D eigenvalue weighted by Crippen LogP contribution is 2.37. The number of benzene rings is 1. The van der Waals surface area contributed by atoms with Crippen molar-refractivity contribution >= 4 is 11.8 Å². The van der Waals surface area contributed by atoms with E-state index in [4.69, 9.17) is 5.73 Å². The molecule has 20 heavy (non-hydrogen) atoms. The number of nitriles is 1. The highest BCUT2D eigenvalue weighted by atomic mass is 32.2. The molecule has 0 aromatic heterocycles. The summed E-state index contributed by atoms with van der Waals surface area (Å²) in [4.78, 5) is 1.31. The van der Waals surface area contributed by atoms with Gasteiger partial charge in [0.05, 0.1) is 6.07 Å². The van der Waals surface area contributed by atoms with E-state index >= 15 is 0 Å². The van der Waals surface area contributed by atoms with Gasteiger partial charge in [0.25, 0.3) is 0 Å². The molecule has 1 aliphatic carbocycles. The van der Waals surface area contributed by atoms with Crippen molar-refractivity contribution in [2.24, 2.45) is 11.7 Å². The third kappa shape index (κ3) is 3.56. The van der Waals surface area contributed by atoms with Crippen LogP contribution in [0.3, 0.4) is 0 Å². The first-order chi connectivity index (χ1) is 9.55. The van der Waals surface area contributed by atoms with Crippen molar-refractivity contribution in [2.75, 3.05) is 5.75 Å². The van der Waals surface area contributed by atoms with E-state index in [9.17, 15) is 5.26 Å². The molecule has 3 heteroatoms. The molecular formula is C17H24N2S. The molecule has 1 saturated carbocycles. The van der Waals surface area contributed by atoms with E-state index in [1.807, 2.05) is 11.8 Å². The van der Waals surface area contributed by atoms with Gasteiger partial charge < -0.3 is 5.73 Å². The van der Waals surface area contributed by atoms with E-state index in [0.717, 1.165) is 31.4 Å². The van der Waals surface area contributed by atoms with Crippen LogP contribution in [-0.2, 0) is 0 Å². The van der Waals surface area contributed by atoms with E-state index in [-0.39, 0.29) is 0 Å². The lowest BCUT2D eigenvalue weighted by Gasteiger charge is -2.23. The molecule has 0 saturated heterocycles. The fraction of sp³-hybridized carbons (Fsp3) is 0.588. The zero-order chi connectivity index (χ0) is 14.6. The number of nitrogens with two attached hydrogens (primary N) is 1. The molecule has 0 spiro atoms. The summed E-state index contributed by atoms with van der Waals surface area (Å²) in [5.41, 5.74) is 6.98. The van der Waals surface area contributed by atoms with Gasteiger partial charge in [0.1, 0.15) is 5.54 Å². The average Bonchev–Trinajstić information content (AvgIpc) is 2.82. The Hall–Kier alpha value is -0.980. The molecule has 0 aliphatic heterocycles. The topological polar surface area (TPSA) is 49.8 Å². The molecule has 0 heterocycles. The molecule has 1 aliphatic rings. The van der Waals surface area contributed by atoms with Crippen LogP contribution >= 0.6 is 11.8 Å². The first-order valence-corrected chi connectivity index (χ1v) is 8.46. The lowest BCUT2D eigenvalue weighted by Crippen LogP contribution is -2.41. The van der Waals surface area contributed by atoms with Crippen molar-refractivity contribution in [3.05, 3.63) is 29.8 Å². The third-order valence-corrected chi connectivity index (χ3v) is 5.41. The van der Waals surface area contributed by atoms with Gasteiger partial charge >= 0.3 is 0 Å². The Labute approximate surface area is 126 Å². The maximum atomic E-state index is 9.21. The summed E-state index contributed by atoms with van der Waals surface area (Å²) >= 11 is 1.87. The van der Waals surface area contributed by atoms with Gasteiger partial charge in [0, 0.05) is 4.90 Å². The second-order valence-electron chi connectivity index (χ2n) is 6.10. The molecule has 1 aromatic rings. The Kier molecular flexibility index (Phi) is 5.12. The van der Waals surface area contributed by atoms with Gasteiger partial charge in [-0.05, 0) is 54.5 Å². The van der Waals surface area contributed by atoms with Gasteiger partial charge in [-0.1, -0.05) is 32.4 Å². The first-order valence-electron chi connectivity index (χ1n) is 7.48. The molecule has 0 amide bonds. The summed E-state index contributed by atoms with van der Waals surface area (Å²) in [6.07, 6.45) is 4.11. The molecule has 0 bridgehead atoms. The fourth-order valence-corrected chi connectivity index (χ4v) is 3.89. The largest absolute Gasteiger partial charge is 0.313 e. The Morgan fingerprint density at radius 3 is 2.70 bits per heavy atom. The minimum absolute atomic E-state index is 0.370. The van der Waals surface area contributed by atoms with Crippen molar-refractivity contribution in [2.45, 2.75) is 55.9 Å². The van der Waals surface area contributed by atoms with Crippen molar-refractivity contribution < 1.29 is 0 Å². The highest BCUT2D eigenvalue weighted by Gasteiger charge is 2.39. The Balaban J connectivity index is 1.83. The molecule has 0 radical (unpaired) electrons. The van der Waals surface area contributed by atoms with Crippen molar-refractivity contribution in [3.8, 4) is 6.07 Å². The monoisotopic (exact) mass is 288 g/mol. The Morgan fingerprint density at radius 2 is 2.10 bits per heavy atom. The zero-order valence-electron chi connectivity index (χ0n) is 12.4. The van der Waals surface area contributed by atoms with Crippen LogP contribution in [0.2, 0.25) is 0 Å². The average molecular weight is 288 g/mol. The summed E-state index contributed by atoms with van der Waals surface area (Å²) in [7, 11) is 0. The molecule has 2 atom stereocenters. The molecule has 1 fully saturated rings. The summed E-state index contributed by atoms with van der Waals surface area (Å²) in [5.74, 6) is 2.00. The molecule has 2 rings (SSSR count).